The Morgan fingerprint density at radius 1 is 1.21 bits per heavy atom. The van der Waals surface area contributed by atoms with Crippen molar-refractivity contribution in [1.29, 1.82) is 0 Å². The van der Waals surface area contributed by atoms with Crippen molar-refractivity contribution < 1.29 is 8.78 Å². The first-order valence-corrected chi connectivity index (χ1v) is 11.8. The molecule has 0 radical (unpaired) electrons. The molecule has 2 aromatic heterocycles. The van der Waals surface area contributed by atoms with Crippen LogP contribution >= 0.6 is 11.6 Å². The Labute approximate surface area is 204 Å². The Morgan fingerprint density at radius 3 is 2.74 bits per heavy atom. The average Bonchev–Trinajstić information content (AvgIpc) is 3.41. The van der Waals surface area contributed by atoms with E-state index in [-0.39, 0.29) is 0 Å². The highest BCUT2D eigenvalue weighted by Crippen LogP contribution is 2.26. The first-order chi connectivity index (χ1) is 16.4. The zero-order valence-corrected chi connectivity index (χ0v) is 20.2. The first-order valence-electron chi connectivity index (χ1n) is 11.4. The smallest absolute Gasteiger partial charge is 0.202 e. The fourth-order valence-electron chi connectivity index (χ4n) is 3.77. The third kappa shape index (κ3) is 6.93. The van der Waals surface area contributed by atoms with Gasteiger partial charge in [0.15, 0.2) is 17.5 Å². The summed E-state index contributed by atoms with van der Waals surface area (Å²) in [5.74, 6) is -1.10. The maximum absolute atomic E-state index is 13.5. The molecule has 2 N–H and O–H groups in total. The molecule has 3 aromatic rings. The van der Waals surface area contributed by atoms with E-state index in [4.69, 9.17) is 11.6 Å². The van der Waals surface area contributed by atoms with Crippen molar-refractivity contribution in [2.24, 2.45) is 0 Å². The summed E-state index contributed by atoms with van der Waals surface area (Å²) >= 11 is 6.09. The van der Waals surface area contributed by atoms with E-state index in [0.29, 0.717) is 23.2 Å². The third-order valence-electron chi connectivity index (χ3n) is 5.52. The molecule has 0 aliphatic carbocycles. The molecule has 1 aromatic carbocycles. The van der Waals surface area contributed by atoms with E-state index in [1.807, 2.05) is 12.4 Å². The fourth-order valence-corrected chi connectivity index (χ4v) is 3.95. The molecule has 182 valence electrons. The molecular weight excluding hydrogens is 458 g/mol. The molecule has 3 rings (SSSR count). The van der Waals surface area contributed by atoms with Crippen LogP contribution in [0, 0.1) is 11.6 Å². The van der Waals surface area contributed by atoms with Gasteiger partial charge < -0.3 is 15.2 Å². The van der Waals surface area contributed by atoms with E-state index in [9.17, 15) is 8.78 Å². The quantitative estimate of drug-likeness (QED) is 0.264. The average molecular weight is 489 g/mol. The van der Waals surface area contributed by atoms with Crippen LogP contribution in [0.25, 0.3) is 5.70 Å². The fraction of sp³-hybridized carbons (Fsp3) is 0.360. The summed E-state index contributed by atoms with van der Waals surface area (Å²) in [6, 6.07) is 3.91. The summed E-state index contributed by atoms with van der Waals surface area (Å²) in [6.07, 6.45) is 10.4. The van der Waals surface area contributed by atoms with Gasteiger partial charge in [-0.05, 0) is 60.3 Å². The monoisotopic (exact) mass is 488 g/mol. The van der Waals surface area contributed by atoms with Crippen LogP contribution in [0.4, 0.5) is 14.6 Å². The molecule has 0 bridgehead atoms. The zero-order valence-electron chi connectivity index (χ0n) is 19.5. The van der Waals surface area contributed by atoms with Crippen molar-refractivity contribution in [2.45, 2.75) is 45.6 Å². The normalized spacial score (nSPS) is 10.9. The minimum Gasteiger partial charge on any atom is -0.370 e. The van der Waals surface area contributed by atoms with E-state index in [0.717, 1.165) is 68.2 Å². The number of aromatic nitrogens is 4. The van der Waals surface area contributed by atoms with Crippen LogP contribution in [-0.4, -0.2) is 37.7 Å². The topological polar surface area (TPSA) is 61.8 Å². The molecule has 0 fully saturated rings. The maximum Gasteiger partial charge on any atom is 0.202 e. The molecule has 0 saturated carbocycles. The van der Waals surface area contributed by atoms with Crippen LogP contribution in [-0.2, 0) is 13.0 Å². The number of rotatable bonds is 14. The number of aromatic amines is 1. The van der Waals surface area contributed by atoms with E-state index >= 15 is 0 Å². The van der Waals surface area contributed by atoms with Gasteiger partial charge in [-0.3, -0.25) is 4.68 Å². The van der Waals surface area contributed by atoms with Crippen molar-refractivity contribution >= 4 is 23.1 Å². The van der Waals surface area contributed by atoms with Gasteiger partial charge in [0.1, 0.15) is 5.69 Å². The molecule has 0 aliphatic rings. The van der Waals surface area contributed by atoms with Crippen molar-refractivity contribution in [3.05, 3.63) is 83.7 Å². The van der Waals surface area contributed by atoms with Crippen LogP contribution < -0.4 is 5.32 Å². The van der Waals surface area contributed by atoms with Gasteiger partial charge in [-0.2, -0.15) is 10.1 Å². The molecule has 0 unspecified atom stereocenters. The number of H-pyrrole nitrogens is 1. The van der Waals surface area contributed by atoms with Gasteiger partial charge in [0.25, 0.3) is 0 Å². The molecule has 0 saturated heterocycles. The Hall–Kier alpha value is -3.13. The van der Waals surface area contributed by atoms with E-state index in [1.165, 1.54) is 6.07 Å². The zero-order chi connectivity index (χ0) is 24.5. The van der Waals surface area contributed by atoms with Crippen LogP contribution in [0.15, 0.2) is 50.0 Å². The minimum atomic E-state index is -0.849. The van der Waals surface area contributed by atoms with Gasteiger partial charge in [0.2, 0.25) is 5.28 Å². The largest absolute Gasteiger partial charge is 0.370 e. The lowest BCUT2D eigenvalue weighted by Gasteiger charge is -2.26. The van der Waals surface area contributed by atoms with Gasteiger partial charge in [0.05, 0.1) is 18.4 Å². The highest BCUT2D eigenvalue weighted by atomic mass is 35.5. The van der Waals surface area contributed by atoms with Crippen LogP contribution in [0.3, 0.4) is 0 Å². The minimum absolute atomic E-state index is 0.294. The molecule has 0 amide bonds. The number of imidazole rings is 1. The second kappa shape index (κ2) is 12.4. The van der Waals surface area contributed by atoms with Gasteiger partial charge >= 0.3 is 0 Å². The highest BCUT2D eigenvalue weighted by Gasteiger charge is 2.17. The molecular formula is C25H31ClF2N6. The first kappa shape index (κ1) is 25.5. The number of hydrogen-bond donors (Lipinski definition) is 2. The van der Waals surface area contributed by atoms with Crippen LogP contribution in [0.2, 0.25) is 5.28 Å². The Balaban J connectivity index is 1.60. The second-order valence-corrected chi connectivity index (χ2v) is 8.50. The molecule has 34 heavy (non-hydrogen) atoms. The van der Waals surface area contributed by atoms with Crippen LogP contribution in [0.5, 0.6) is 0 Å². The van der Waals surface area contributed by atoms with Gasteiger partial charge in [-0.15, -0.1) is 0 Å². The number of nitrogens with zero attached hydrogens (tertiary/aromatic N) is 4. The van der Waals surface area contributed by atoms with Crippen molar-refractivity contribution in [2.75, 3.05) is 18.4 Å². The van der Waals surface area contributed by atoms with E-state index < -0.39 is 11.6 Å². The van der Waals surface area contributed by atoms with Gasteiger partial charge in [-0.1, -0.05) is 39.0 Å². The third-order valence-corrected chi connectivity index (χ3v) is 5.70. The van der Waals surface area contributed by atoms with E-state index in [1.54, 1.807) is 16.9 Å². The summed E-state index contributed by atoms with van der Waals surface area (Å²) in [5.41, 5.74) is 3.32. The molecule has 0 spiro atoms. The summed E-state index contributed by atoms with van der Waals surface area (Å²) in [5, 5.41) is 7.66. The summed E-state index contributed by atoms with van der Waals surface area (Å²) in [7, 11) is 0. The Kier molecular flexibility index (Phi) is 9.27. The number of halogens is 3. The van der Waals surface area contributed by atoms with Crippen molar-refractivity contribution in [3.8, 4) is 0 Å². The number of anilines is 1. The molecule has 6 nitrogen and oxygen atoms in total. The molecule has 0 atom stereocenters. The Bertz CT molecular complexity index is 1110. The lowest BCUT2D eigenvalue weighted by molar-refractivity contribution is 0.377. The number of hydrogen-bond acceptors (Lipinski definition) is 4. The van der Waals surface area contributed by atoms with Gasteiger partial charge in [0, 0.05) is 19.3 Å². The SMILES string of the molecule is C=CNc1nc(Cl)[nH]c1C(=C)N(CCCCC)CCCc1cnn(Cc2ccc(F)c(F)c2)c1. The molecule has 0 aliphatic heterocycles. The van der Waals surface area contributed by atoms with Crippen molar-refractivity contribution in [1.82, 2.24) is 24.6 Å². The molecule has 2 heterocycles. The maximum atomic E-state index is 13.5. The molecule has 9 heteroatoms. The number of aryl methyl sites for hydroxylation is 1. The lowest BCUT2D eigenvalue weighted by Crippen LogP contribution is -2.25. The standard InChI is InChI=1S/C25H31ClF2N6/c1-4-6-7-12-33(18(3)23-24(29-5-2)32-25(26)31-23)13-8-9-20-15-30-34(17-20)16-19-10-11-21(27)22(28)14-19/h5,10-11,14-15,17,29H,2-4,6-9,12-13,16H2,1H3,(H,31,32). The predicted molar refractivity (Wildman–Crippen MR) is 134 cm³/mol. The van der Waals surface area contributed by atoms with E-state index in [2.05, 4.69) is 45.4 Å². The number of unbranched alkanes of at least 4 members (excludes halogenated alkanes) is 2. The Morgan fingerprint density at radius 2 is 2.00 bits per heavy atom. The summed E-state index contributed by atoms with van der Waals surface area (Å²) < 4.78 is 28.3. The lowest BCUT2D eigenvalue weighted by atomic mass is 10.1. The number of benzene rings is 1. The van der Waals surface area contributed by atoms with Crippen LogP contribution in [0.1, 0.15) is 49.4 Å². The second-order valence-electron chi connectivity index (χ2n) is 8.14. The summed E-state index contributed by atoms with van der Waals surface area (Å²) in [6.45, 7) is 12.2. The van der Waals surface area contributed by atoms with Gasteiger partial charge in [-0.25, -0.2) is 8.78 Å². The van der Waals surface area contributed by atoms with Crippen molar-refractivity contribution in [3.63, 3.8) is 0 Å². The predicted octanol–water partition coefficient (Wildman–Crippen LogP) is 6.24. The number of nitrogens with one attached hydrogen (secondary N) is 2. The summed E-state index contributed by atoms with van der Waals surface area (Å²) in [4.78, 5) is 9.59. The highest BCUT2D eigenvalue weighted by molar-refractivity contribution is 6.28.